The first-order chi connectivity index (χ1) is 30.6. The van der Waals surface area contributed by atoms with E-state index in [0.29, 0.717) is 23.3 Å². The fourth-order valence-electron chi connectivity index (χ4n) is 10.7. The van der Waals surface area contributed by atoms with E-state index >= 15 is 4.79 Å². The van der Waals surface area contributed by atoms with Gasteiger partial charge in [-0.2, -0.15) is 0 Å². The molecule has 6 rings (SSSR count). The van der Waals surface area contributed by atoms with Crippen molar-refractivity contribution in [1.82, 2.24) is 10.6 Å². The molecular weight excluding hydrogens is 845 g/mol. The maximum Gasteiger partial charge on any atom is 0.350 e. The van der Waals surface area contributed by atoms with Crippen molar-refractivity contribution in [3.8, 4) is 0 Å². The summed E-state index contributed by atoms with van der Waals surface area (Å²) in [7, 11) is 0. The number of hydrogen-bond acceptors (Lipinski definition) is 15. The minimum absolute atomic E-state index is 0.0444. The predicted octanol–water partition coefficient (Wildman–Crippen LogP) is 3.24. The molecule has 65 heavy (non-hydrogen) atoms. The molecule has 0 spiro atoms. The van der Waals surface area contributed by atoms with Crippen molar-refractivity contribution >= 4 is 41.5 Å². The maximum absolute atomic E-state index is 15.4. The Balaban J connectivity index is 1.48. The lowest BCUT2D eigenvalue weighted by atomic mass is 9.43. The summed E-state index contributed by atoms with van der Waals surface area (Å²) < 4.78 is 35.7. The molecule has 2 aromatic carbocycles. The lowest BCUT2D eigenvalue weighted by Gasteiger charge is -2.67. The van der Waals surface area contributed by atoms with Crippen molar-refractivity contribution in [3.05, 3.63) is 82.9 Å². The third-order valence-corrected chi connectivity index (χ3v) is 13.9. The summed E-state index contributed by atoms with van der Waals surface area (Å²) in [6.45, 7) is 11.9. The molecule has 2 bridgehead atoms. The molecule has 3 fully saturated rings. The number of rotatable bonds is 15. The molecule has 3 aliphatic carbocycles. The molecule has 352 valence electrons. The van der Waals surface area contributed by atoms with Crippen LogP contribution in [0.25, 0.3) is 0 Å². The highest BCUT2D eigenvalue weighted by molar-refractivity contribution is 5.92. The molecule has 11 atom stereocenters. The van der Waals surface area contributed by atoms with E-state index in [2.05, 4.69) is 10.6 Å². The molecule has 4 aliphatic rings. The van der Waals surface area contributed by atoms with Gasteiger partial charge in [0.05, 0.1) is 36.2 Å². The predicted molar refractivity (Wildman–Crippen MR) is 229 cm³/mol. The maximum atomic E-state index is 15.4. The fraction of sp³-hybridized carbons (Fsp3) is 0.562. The highest BCUT2D eigenvalue weighted by atomic mass is 16.6. The molecule has 4 N–H and O–H groups in total. The van der Waals surface area contributed by atoms with Crippen LogP contribution < -0.4 is 10.6 Å². The van der Waals surface area contributed by atoms with Gasteiger partial charge in [-0.15, -0.1) is 0 Å². The summed E-state index contributed by atoms with van der Waals surface area (Å²) in [6, 6.07) is 14.8. The zero-order valence-electron chi connectivity index (χ0n) is 38.0. The minimum Gasteiger partial charge on any atom is -0.455 e. The van der Waals surface area contributed by atoms with Crippen molar-refractivity contribution < 1.29 is 72.2 Å². The quantitative estimate of drug-likeness (QED) is 0.0869. The van der Waals surface area contributed by atoms with Crippen LogP contribution >= 0.6 is 0 Å². The van der Waals surface area contributed by atoms with Crippen LogP contribution in [-0.4, -0.2) is 120 Å². The molecule has 17 heteroatoms. The van der Waals surface area contributed by atoms with Gasteiger partial charge in [0.15, 0.2) is 5.60 Å². The van der Waals surface area contributed by atoms with E-state index in [4.69, 9.17) is 28.4 Å². The van der Waals surface area contributed by atoms with Gasteiger partial charge in [0, 0.05) is 51.0 Å². The van der Waals surface area contributed by atoms with Gasteiger partial charge in [-0.1, -0.05) is 69.3 Å². The van der Waals surface area contributed by atoms with Crippen LogP contribution in [0.1, 0.15) is 96.6 Å². The second-order valence-corrected chi connectivity index (χ2v) is 18.1. The van der Waals surface area contributed by atoms with E-state index in [1.807, 2.05) is 0 Å². The molecule has 3 unspecified atom stereocenters. The number of aliphatic hydroxyl groups excluding tert-OH is 1. The minimum atomic E-state index is -2.27. The number of hydrogen-bond donors (Lipinski definition) is 4. The Bertz CT molecular complexity index is 2200. The summed E-state index contributed by atoms with van der Waals surface area (Å²) in [5, 5.41) is 30.9. The number of ketones is 1. The first-order valence-corrected chi connectivity index (χ1v) is 21.9. The van der Waals surface area contributed by atoms with E-state index in [9.17, 15) is 39.0 Å². The molecule has 1 heterocycles. The number of Topliss-reactive ketones (excluding diaryl/α,β-unsaturated/α-hetero) is 1. The van der Waals surface area contributed by atoms with E-state index in [1.165, 1.54) is 32.9 Å². The molecule has 2 aromatic rings. The second-order valence-electron chi connectivity index (χ2n) is 18.1. The molecule has 0 radical (unpaired) electrons. The number of benzene rings is 2. The van der Waals surface area contributed by atoms with E-state index < -0.39 is 125 Å². The third kappa shape index (κ3) is 9.07. The molecule has 1 aliphatic heterocycles. The smallest absolute Gasteiger partial charge is 0.350 e. The Hall–Kier alpha value is -5.49. The lowest BCUT2D eigenvalue weighted by molar-refractivity contribution is -0.345. The van der Waals surface area contributed by atoms with E-state index in [0.717, 1.165) is 0 Å². The summed E-state index contributed by atoms with van der Waals surface area (Å²) in [6.07, 6.45) is -8.00. The van der Waals surface area contributed by atoms with Crippen molar-refractivity contribution in [1.29, 1.82) is 0 Å². The van der Waals surface area contributed by atoms with Crippen LogP contribution in [0.4, 0.5) is 0 Å². The molecular formula is C48H60N2O15. The zero-order valence-corrected chi connectivity index (χ0v) is 38.0. The average Bonchev–Trinajstić information content (AvgIpc) is 3.25. The van der Waals surface area contributed by atoms with Gasteiger partial charge in [0.1, 0.15) is 42.3 Å². The van der Waals surface area contributed by atoms with Crippen LogP contribution in [0.3, 0.4) is 0 Å². The Labute approximate surface area is 377 Å². The number of aliphatic hydroxyl groups is 2. The van der Waals surface area contributed by atoms with Crippen LogP contribution in [0.2, 0.25) is 0 Å². The second kappa shape index (κ2) is 19.2. The van der Waals surface area contributed by atoms with Crippen LogP contribution in [-0.2, 0) is 57.2 Å². The summed E-state index contributed by atoms with van der Waals surface area (Å²) in [4.78, 5) is 96.1. The van der Waals surface area contributed by atoms with Crippen molar-refractivity contribution in [2.45, 2.75) is 122 Å². The van der Waals surface area contributed by atoms with Crippen molar-refractivity contribution in [2.24, 2.45) is 22.7 Å². The first-order valence-electron chi connectivity index (χ1n) is 21.9. The summed E-state index contributed by atoms with van der Waals surface area (Å²) in [5.74, 6) is -7.92. The molecule has 2 amide bonds. The Kier molecular flexibility index (Phi) is 14.4. The van der Waals surface area contributed by atoms with Gasteiger partial charge in [0.2, 0.25) is 17.9 Å². The van der Waals surface area contributed by atoms with Crippen molar-refractivity contribution in [2.75, 3.05) is 26.4 Å². The fourth-order valence-corrected chi connectivity index (χ4v) is 10.7. The summed E-state index contributed by atoms with van der Waals surface area (Å²) >= 11 is 0. The van der Waals surface area contributed by atoms with Gasteiger partial charge in [0.25, 0.3) is 0 Å². The number of carbonyl (C=O) groups excluding carboxylic acids is 7. The normalized spacial score (nSPS) is 30.9. The SMILES string of the molecule is CCOCCC(=O)NCC(=O)O[C@@H](C(=O)O[C@H]1C[C@@]2(O)[C@@H](OC(=O)c3ccccc3)C3C(C)(C(=O)[C@H](C)C(=C1C)C2(C)C)[C@@H](O)CC1OC[C@]13OC(C)=O)[C@@H](NC(C)=O)c1ccccc1. The molecule has 2 saturated carbocycles. The molecule has 17 nitrogen and oxygen atoms in total. The number of esters is 4. The topological polar surface area (TPSA) is 239 Å². The Morgan fingerprint density at radius 1 is 0.954 bits per heavy atom. The van der Waals surface area contributed by atoms with Gasteiger partial charge < -0.3 is 49.3 Å². The van der Waals surface area contributed by atoms with Crippen LogP contribution in [0.15, 0.2) is 71.8 Å². The van der Waals surface area contributed by atoms with Gasteiger partial charge in [-0.3, -0.25) is 24.0 Å². The highest BCUT2D eigenvalue weighted by Crippen LogP contribution is 2.65. The first kappa shape index (κ1) is 49.0. The number of carbonyl (C=O) groups is 7. The Morgan fingerprint density at radius 3 is 2.18 bits per heavy atom. The largest absolute Gasteiger partial charge is 0.455 e. The van der Waals surface area contributed by atoms with Gasteiger partial charge in [-0.25, -0.2) is 9.59 Å². The number of ether oxygens (including phenoxy) is 6. The average molecular weight is 905 g/mol. The van der Waals surface area contributed by atoms with Gasteiger partial charge >= 0.3 is 23.9 Å². The number of nitrogens with one attached hydrogen (secondary N) is 2. The summed E-state index contributed by atoms with van der Waals surface area (Å²) in [5.41, 5.74) is -6.04. The lowest BCUT2D eigenvalue weighted by Crippen LogP contribution is -2.81. The van der Waals surface area contributed by atoms with Gasteiger partial charge in [-0.05, 0) is 49.6 Å². The van der Waals surface area contributed by atoms with E-state index in [1.54, 1.807) is 83.1 Å². The van der Waals surface area contributed by atoms with Crippen LogP contribution in [0.5, 0.6) is 0 Å². The highest BCUT2D eigenvalue weighted by Gasteiger charge is 2.77. The Morgan fingerprint density at radius 2 is 1.60 bits per heavy atom. The molecule has 1 saturated heterocycles. The third-order valence-electron chi connectivity index (χ3n) is 13.9. The van der Waals surface area contributed by atoms with Crippen molar-refractivity contribution in [3.63, 3.8) is 0 Å². The standard InChI is InChI=1S/C48H60N2O15/c1-9-60-21-20-35(54)49-24-36(55)63-39(38(50-28(4)51)30-16-12-10-13-17-30)44(58)62-32-23-48(59)42(64-43(57)31-18-14-11-15-19-31)40-46(8,41(56)27(3)37(26(32)2)45(48,6)7)33(53)22-34-47(40,25-61-34)65-29(5)52/h10-19,27,32-34,38-40,42,53,59H,9,20-25H2,1-8H3,(H,49,54)(H,50,51)/t27-,32+,33+,34?,38+,39-,40?,42+,46?,47+,48-/m1/s1. The number of amides is 2. The number of fused-ring (bicyclic) bond motifs is 5. The molecule has 0 aromatic heterocycles. The zero-order chi connectivity index (χ0) is 47.6. The monoisotopic (exact) mass is 904 g/mol. The van der Waals surface area contributed by atoms with Crippen LogP contribution in [0, 0.1) is 22.7 Å². The van der Waals surface area contributed by atoms with E-state index in [-0.39, 0.29) is 31.6 Å².